The Morgan fingerprint density at radius 3 is 2.71 bits per heavy atom. The van der Waals surface area contributed by atoms with Crippen LogP contribution in [-0.2, 0) is 6.42 Å². The molecule has 0 radical (unpaired) electrons. The van der Waals surface area contributed by atoms with Gasteiger partial charge in [-0.3, -0.25) is 4.57 Å². The first-order valence-corrected chi connectivity index (χ1v) is 7.95. The lowest BCUT2D eigenvalue weighted by Crippen LogP contribution is -2.15. The smallest absolute Gasteiger partial charge is 0.163 e. The summed E-state index contributed by atoms with van der Waals surface area (Å²) in [6.45, 7) is 1.65. The Morgan fingerprint density at radius 1 is 1.17 bits per heavy atom. The summed E-state index contributed by atoms with van der Waals surface area (Å²) in [4.78, 5) is 4.75. The van der Waals surface area contributed by atoms with E-state index in [2.05, 4.69) is 4.57 Å². The van der Waals surface area contributed by atoms with E-state index >= 15 is 0 Å². The lowest BCUT2D eigenvalue weighted by Gasteiger charge is -2.18. The van der Waals surface area contributed by atoms with E-state index in [1.807, 2.05) is 36.4 Å². The molecule has 2 N–H and O–H groups in total. The second kappa shape index (κ2) is 6.05. The third kappa shape index (κ3) is 2.45. The average Bonchev–Trinajstić information content (AvgIpc) is 2.97. The van der Waals surface area contributed by atoms with Crippen LogP contribution in [0, 0.1) is 0 Å². The number of benzene rings is 2. The van der Waals surface area contributed by atoms with Gasteiger partial charge in [-0.1, -0.05) is 6.07 Å². The number of aromatic nitrogens is 2. The summed E-state index contributed by atoms with van der Waals surface area (Å²) < 4.78 is 18.8. The van der Waals surface area contributed by atoms with Crippen LogP contribution in [0.3, 0.4) is 0 Å². The van der Waals surface area contributed by atoms with Gasteiger partial charge in [0.25, 0.3) is 0 Å². The number of hydrogen-bond acceptors (Lipinski definition) is 5. The number of imidazole rings is 1. The van der Waals surface area contributed by atoms with E-state index in [9.17, 15) is 0 Å². The van der Waals surface area contributed by atoms with Crippen LogP contribution in [0.2, 0.25) is 0 Å². The highest BCUT2D eigenvalue weighted by atomic mass is 16.6. The fourth-order valence-corrected chi connectivity index (χ4v) is 3.00. The van der Waals surface area contributed by atoms with E-state index in [1.165, 1.54) is 0 Å². The molecule has 124 valence electrons. The molecule has 1 aliphatic heterocycles. The maximum Gasteiger partial charge on any atom is 0.163 e. The molecule has 0 saturated heterocycles. The SMILES string of the molecule is COc1cccc(-n2c(CCN)nc3cc4c(cc32)OCCO4)c1. The number of nitrogens with zero attached hydrogens (tertiary/aromatic N) is 2. The van der Waals surface area contributed by atoms with E-state index in [0.717, 1.165) is 39.8 Å². The van der Waals surface area contributed by atoms with Crippen molar-refractivity contribution in [2.24, 2.45) is 5.73 Å². The maximum atomic E-state index is 5.78. The molecule has 0 spiro atoms. The molecule has 0 unspecified atom stereocenters. The topological polar surface area (TPSA) is 71.5 Å². The van der Waals surface area contributed by atoms with Crippen molar-refractivity contribution in [3.05, 3.63) is 42.2 Å². The molecule has 3 aromatic rings. The van der Waals surface area contributed by atoms with Crippen molar-refractivity contribution in [3.8, 4) is 22.9 Å². The van der Waals surface area contributed by atoms with Crippen molar-refractivity contribution in [1.29, 1.82) is 0 Å². The van der Waals surface area contributed by atoms with Crippen LogP contribution < -0.4 is 19.9 Å². The molecule has 0 bridgehead atoms. The van der Waals surface area contributed by atoms with Crippen molar-refractivity contribution in [1.82, 2.24) is 9.55 Å². The lowest BCUT2D eigenvalue weighted by atomic mass is 10.2. The Kier molecular flexibility index (Phi) is 3.74. The fraction of sp³-hybridized carbons (Fsp3) is 0.278. The van der Waals surface area contributed by atoms with Crippen LogP contribution in [0.25, 0.3) is 16.7 Å². The quantitative estimate of drug-likeness (QED) is 0.797. The van der Waals surface area contributed by atoms with Gasteiger partial charge in [-0.2, -0.15) is 0 Å². The number of methoxy groups -OCH3 is 1. The fourth-order valence-electron chi connectivity index (χ4n) is 3.00. The lowest BCUT2D eigenvalue weighted by molar-refractivity contribution is 0.172. The van der Waals surface area contributed by atoms with Crippen LogP contribution in [0.4, 0.5) is 0 Å². The van der Waals surface area contributed by atoms with Gasteiger partial charge in [-0.05, 0) is 18.7 Å². The van der Waals surface area contributed by atoms with Crippen LogP contribution in [0.15, 0.2) is 36.4 Å². The summed E-state index contributed by atoms with van der Waals surface area (Å²) in [5, 5.41) is 0. The summed E-state index contributed by atoms with van der Waals surface area (Å²) >= 11 is 0. The minimum Gasteiger partial charge on any atom is -0.497 e. The molecule has 6 nitrogen and oxygen atoms in total. The van der Waals surface area contributed by atoms with E-state index in [-0.39, 0.29) is 0 Å². The summed E-state index contributed by atoms with van der Waals surface area (Å²) in [6, 6.07) is 11.8. The predicted molar refractivity (Wildman–Crippen MR) is 91.4 cm³/mol. The predicted octanol–water partition coefficient (Wildman–Crippen LogP) is 2.31. The maximum absolute atomic E-state index is 5.78. The average molecular weight is 325 g/mol. The number of rotatable bonds is 4. The molecule has 2 heterocycles. The van der Waals surface area contributed by atoms with Gasteiger partial charge in [0.2, 0.25) is 0 Å². The Morgan fingerprint density at radius 2 is 1.96 bits per heavy atom. The molecule has 4 rings (SSSR count). The van der Waals surface area contributed by atoms with Gasteiger partial charge >= 0.3 is 0 Å². The second-order valence-electron chi connectivity index (χ2n) is 5.59. The third-order valence-electron chi connectivity index (χ3n) is 4.07. The molecular formula is C18H19N3O3. The van der Waals surface area contributed by atoms with Gasteiger partial charge in [0.15, 0.2) is 11.5 Å². The molecule has 0 aliphatic carbocycles. The minimum absolute atomic E-state index is 0.528. The van der Waals surface area contributed by atoms with Crippen molar-refractivity contribution < 1.29 is 14.2 Å². The zero-order valence-corrected chi connectivity index (χ0v) is 13.5. The normalized spacial score (nSPS) is 13.2. The first kappa shape index (κ1) is 14.8. The van der Waals surface area contributed by atoms with Crippen molar-refractivity contribution >= 4 is 11.0 Å². The van der Waals surface area contributed by atoms with Gasteiger partial charge in [0.1, 0.15) is 24.8 Å². The first-order chi connectivity index (χ1) is 11.8. The number of ether oxygens (including phenoxy) is 3. The van der Waals surface area contributed by atoms with Gasteiger partial charge < -0.3 is 19.9 Å². The van der Waals surface area contributed by atoms with E-state index in [4.69, 9.17) is 24.9 Å². The Labute approximate surface area is 139 Å². The first-order valence-electron chi connectivity index (χ1n) is 7.95. The number of fused-ring (bicyclic) bond motifs is 2. The molecule has 0 amide bonds. The van der Waals surface area contributed by atoms with E-state index in [1.54, 1.807) is 7.11 Å². The molecule has 1 aliphatic rings. The molecule has 0 saturated carbocycles. The Balaban J connectivity index is 1.95. The summed E-state index contributed by atoms with van der Waals surface area (Å²) in [5.41, 5.74) is 8.60. The summed E-state index contributed by atoms with van der Waals surface area (Å²) in [7, 11) is 1.66. The van der Waals surface area contributed by atoms with Crippen molar-refractivity contribution in [2.45, 2.75) is 6.42 Å². The highest BCUT2D eigenvalue weighted by Crippen LogP contribution is 2.36. The molecule has 2 aromatic carbocycles. The number of nitrogens with two attached hydrogens (primary N) is 1. The van der Waals surface area contributed by atoms with Crippen molar-refractivity contribution in [3.63, 3.8) is 0 Å². The van der Waals surface area contributed by atoms with Crippen LogP contribution in [0.5, 0.6) is 17.2 Å². The Bertz CT molecular complexity index is 889. The summed E-state index contributed by atoms with van der Waals surface area (Å²) in [5.74, 6) is 3.19. The van der Waals surface area contributed by atoms with Gasteiger partial charge in [-0.15, -0.1) is 0 Å². The summed E-state index contributed by atoms with van der Waals surface area (Å²) in [6.07, 6.45) is 0.679. The second-order valence-corrected chi connectivity index (χ2v) is 5.59. The zero-order chi connectivity index (χ0) is 16.5. The van der Waals surface area contributed by atoms with Crippen LogP contribution in [0.1, 0.15) is 5.82 Å². The van der Waals surface area contributed by atoms with Crippen LogP contribution in [-0.4, -0.2) is 36.4 Å². The highest BCUT2D eigenvalue weighted by molar-refractivity contribution is 5.82. The van der Waals surface area contributed by atoms with Gasteiger partial charge in [0, 0.05) is 24.6 Å². The monoisotopic (exact) mass is 325 g/mol. The molecule has 1 aromatic heterocycles. The van der Waals surface area contributed by atoms with Crippen LogP contribution >= 0.6 is 0 Å². The molecule has 0 fully saturated rings. The van der Waals surface area contributed by atoms with Gasteiger partial charge in [-0.25, -0.2) is 4.98 Å². The third-order valence-corrected chi connectivity index (χ3v) is 4.07. The van der Waals surface area contributed by atoms with Gasteiger partial charge in [0.05, 0.1) is 23.8 Å². The standard InChI is InChI=1S/C18H19N3O3/c1-22-13-4-2-3-12(9-13)21-15-11-17-16(23-7-8-24-17)10-14(15)20-18(21)5-6-19/h2-4,9-11H,5-8,19H2,1H3. The largest absolute Gasteiger partial charge is 0.497 e. The molecular weight excluding hydrogens is 306 g/mol. The van der Waals surface area contributed by atoms with Crippen molar-refractivity contribution in [2.75, 3.05) is 26.9 Å². The number of hydrogen-bond donors (Lipinski definition) is 1. The minimum atomic E-state index is 0.528. The molecule has 6 heteroatoms. The van der Waals surface area contributed by atoms with E-state index in [0.29, 0.717) is 26.2 Å². The zero-order valence-electron chi connectivity index (χ0n) is 13.5. The molecule has 0 atom stereocenters. The van der Waals surface area contributed by atoms with E-state index < -0.39 is 0 Å². The highest BCUT2D eigenvalue weighted by Gasteiger charge is 2.19. The Hall–Kier alpha value is -2.73. The molecule has 24 heavy (non-hydrogen) atoms.